The molecule has 1 fully saturated rings. The number of unbranched alkanes of at least 4 members (excludes halogenated alkanes) is 2. The molecular formula is C31H32F6O2. The molecule has 0 aliphatic heterocycles. The molecule has 1 saturated carbocycles. The maximum absolute atomic E-state index is 15.2. The van der Waals surface area contributed by atoms with E-state index in [2.05, 4.69) is 11.7 Å². The quantitative estimate of drug-likeness (QED) is 0.175. The normalized spacial score (nSPS) is 17.8. The summed E-state index contributed by atoms with van der Waals surface area (Å²) in [6.45, 7) is -1.23. The maximum Gasteiger partial charge on any atom is 0.426 e. The van der Waals surface area contributed by atoms with Gasteiger partial charge >= 0.3 is 12.7 Å². The number of ether oxygens (including phenoxy) is 2. The molecule has 1 aliphatic carbocycles. The molecule has 210 valence electrons. The van der Waals surface area contributed by atoms with E-state index in [4.69, 9.17) is 4.74 Å². The summed E-state index contributed by atoms with van der Waals surface area (Å²) in [5, 5.41) is 0. The van der Waals surface area contributed by atoms with E-state index in [1.165, 1.54) is 62.1 Å². The second kappa shape index (κ2) is 12.8. The van der Waals surface area contributed by atoms with Gasteiger partial charge < -0.3 is 9.47 Å². The highest BCUT2D eigenvalue weighted by Crippen LogP contribution is 2.41. The third kappa shape index (κ3) is 7.28. The third-order valence-electron chi connectivity index (χ3n) is 7.42. The van der Waals surface area contributed by atoms with Gasteiger partial charge in [0.1, 0.15) is 5.75 Å². The molecule has 0 unspecified atom stereocenters. The lowest BCUT2D eigenvalue weighted by molar-refractivity contribution is -0.185. The van der Waals surface area contributed by atoms with Gasteiger partial charge in [-0.3, -0.25) is 0 Å². The highest BCUT2D eigenvalue weighted by atomic mass is 19.3. The summed E-state index contributed by atoms with van der Waals surface area (Å²) in [6, 6.07) is 13.1. The Morgan fingerprint density at radius 2 is 1.51 bits per heavy atom. The second-order valence-electron chi connectivity index (χ2n) is 10.1. The van der Waals surface area contributed by atoms with Crippen LogP contribution in [0.5, 0.6) is 11.5 Å². The summed E-state index contributed by atoms with van der Waals surface area (Å²) in [4.78, 5) is 0. The van der Waals surface area contributed by atoms with Crippen molar-refractivity contribution < 1.29 is 35.8 Å². The molecular weight excluding hydrogens is 518 g/mol. The fourth-order valence-electron chi connectivity index (χ4n) is 5.32. The summed E-state index contributed by atoms with van der Waals surface area (Å²) in [6.07, 6.45) is 5.67. The van der Waals surface area contributed by atoms with Gasteiger partial charge in [-0.25, -0.2) is 8.78 Å². The van der Waals surface area contributed by atoms with Crippen LogP contribution >= 0.6 is 0 Å². The zero-order chi connectivity index (χ0) is 28.0. The lowest BCUT2D eigenvalue weighted by Gasteiger charge is -2.29. The van der Waals surface area contributed by atoms with Crippen molar-refractivity contribution >= 4 is 0 Å². The Kier molecular flexibility index (Phi) is 9.46. The van der Waals surface area contributed by atoms with Crippen molar-refractivity contribution in [1.29, 1.82) is 0 Å². The minimum absolute atomic E-state index is 0.0362. The minimum Gasteiger partial charge on any atom is -0.429 e. The maximum atomic E-state index is 15.2. The highest BCUT2D eigenvalue weighted by molar-refractivity contribution is 5.71. The van der Waals surface area contributed by atoms with Crippen molar-refractivity contribution in [2.24, 2.45) is 5.92 Å². The molecule has 39 heavy (non-hydrogen) atoms. The van der Waals surface area contributed by atoms with Gasteiger partial charge in [-0.2, -0.15) is 17.6 Å². The molecule has 3 aromatic rings. The molecule has 4 rings (SSSR count). The predicted molar refractivity (Wildman–Crippen MR) is 138 cm³/mol. The van der Waals surface area contributed by atoms with Gasteiger partial charge in [0, 0.05) is 5.56 Å². The zero-order valence-corrected chi connectivity index (χ0v) is 21.7. The summed E-state index contributed by atoms with van der Waals surface area (Å²) in [7, 11) is 0. The van der Waals surface area contributed by atoms with Crippen LogP contribution in [0.15, 0.2) is 60.7 Å². The average Bonchev–Trinajstić information content (AvgIpc) is 2.91. The van der Waals surface area contributed by atoms with Gasteiger partial charge in [0.2, 0.25) is 0 Å². The summed E-state index contributed by atoms with van der Waals surface area (Å²) < 4.78 is 92.8. The SMILES string of the molecule is CCCCC[C@H]1CC[C@H](c2ccc(C(F)(F)Oc3ccccc3-c3cc(F)c(OC(F)F)c(F)c3)cc2)CC1. The number of benzene rings is 3. The van der Waals surface area contributed by atoms with Gasteiger partial charge in [-0.05, 0) is 79.0 Å². The topological polar surface area (TPSA) is 18.5 Å². The largest absolute Gasteiger partial charge is 0.429 e. The summed E-state index contributed by atoms with van der Waals surface area (Å²) in [5.74, 6) is -3.26. The molecule has 1 aliphatic rings. The van der Waals surface area contributed by atoms with E-state index in [1.807, 2.05) is 0 Å². The lowest BCUT2D eigenvalue weighted by Crippen LogP contribution is -2.22. The highest BCUT2D eigenvalue weighted by Gasteiger charge is 2.36. The van der Waals surface area contributed by atoms with Gasteiger partial charge in [0.05, 0.1) is 5.56 Å². The molecule has 8 heteroatoms. The molecule has 0 amide bonds. The summed E-state index contributed by atoms with van der Waals surface area (Å²) in [5.41, 5.74) is 0.468. The van der Waals surface area contributed by atoms with Crippen LogP contribution in [0.25, 0.3) is 11.1 Å². The van der Waals surface area contributed by atoms with E-state index >= 15 is 8.78 Å². The Hall–Kier alpha value is -3.16. The molecule has 0 heterocycles. The average molecular weight is 551 g/mol. The number of rotatable bonds is 11. The van der Waals surface area contributed by atoms with Crippen molar-refractivity contribution in [3.05, 3.63) is 83.4 Å². The van der Waals surface area contributed by atoms with Crippen molar-refractivity contribution in [1.82, 2.24) is 0 Å². The summed E-state index contributed by atoms with van der Waals surface area (Å²) >= 11 is 0. The van der Waals surface area contributed by atoms with Gasteiger partial charge in [-0.15, -0.1) is 0 Å². The van der Waals surface area contributed by atoms with Crippen LogP contribution in [-0.2, 0) is 6.11 Å². The zero-order valence-electron chi connectivity index (χ0n) is 21.7. The van der Waals surface area contributed by atoms with E-state index in [0.717, 1.165) is 49.3 Å². The van der Waals surface area contributed by atoms with Gasteiger partial charge in [0.25, 0.3) is 0 Å². The Balaban J connectivity index is 1.47. The Morgan fingerprint density at radius 3 is 2.13 bits per heavy atom. The number of para-hydroxylation sites is 1. The number of halogens is 6. The van der Waals surface area contributed by atoms with Crippen LogP contribution < -0.4 is 9.47 Å². The van der Waals surface area contributed by atoms with Gasteiger partial charge in [0.15, 0.2) is 17.4 Å². The van der Waals surface area contributed by atoms with E-state index < -0.39 is 30.1 Å². The Labute approximate surface area is 225 Å². The van der Waals surface area contributed by atoms with Crippen LogP contribution in [0.1, 0.15) is 75.3 Å². The van der Waals surface area contributed by atoms with E-state index in [1.54, 1.807) is 12.1 Å². The monoisotopic (exact) mass is 550 g/mol. The van der Waals surface area contributed by atoms with Crippen LogP contribution in [0.4, 0.5) is 26.3 Å². The Bertz CT molecular complexity index is 1200. The van der Waals surface area contributed by atoms with Crippen LogP contribution in [0.3, 0.4) is 0 Å². The molecule has 2 nitrogen and oxygen atoms in total. The molecule has 0 aromatic heterocycles. The molecule has 0 radical (unpaired) electrons. The first kappa shape index (κ1) is 28.8. The van der Waals surface area contributed by atoms with E-state index in [-0.39, 0.29) is 22.4 Å². The van der Waals surface area contributed by atoms with E-state index in [9.17, 15) is 17.6 Å². The standard InChI is InChI=1S/C31H32F6O2/c1-2-3-4-7-20-10-12-21(13-11-20)22-14-16-24(17-15-22)31(36,37)39-28-9-6-5-8-25(28)23-18-26(32)29(27(33)19-23)38-30(34)35/h5-6,8-9,14-21,30H,2-4,7,10-13H2,1H3/t20-,21-. The van der Waals surface area contributed by atoms with Crippen LogP contribution in [-0.4, -0.2) is 6.61 Å². The number of hydrogen-bond acceptors (Lipinski definition) is 2. The first-order valence-electron chi connectivity index (χ1n) is 13.4. The molecule has 0 bridgehead atoms. The number of hydrogen-bond donors (Lipinski definition) is 0. The molecule has 0 N–H and O–H groups in total. The van der Waals surface area contributed by atoms with E-state index in [0.29, 0.717) is 5.92 Å². The molecule has 0 atom stereocenters. The molecule has 3 aromatic carbocycles. The Morgan fingerprint density at radius 1 is 0.872 bits per heavy atom. The first-order valence-corrected chi connectivity index (χ1v) is 13.4. The third-order valence-corrected chi connectivity index (χ3v) is 7.42. The lowest BCUT2D eigenvalue weighted by atomic mass is 9.77. The predicted octanol–water partition coefficient (Wildman–Crippen LogP) is 10.2. The van der Waals surface area contributed by atoms with Crippen LogP contribution in [0, 0.1) is 17.6 Å². The van der Waals surface area contributed by atoms with Crippen LogP contribution in [0.2, 0.25) is 0 Å². The van der Waals surface area contributed by atoms with Crippen molar-refractivity contribution in [3.8, 4) is 22.6 Å². The number of alkyl halides is 4. The minimum atomic E-state index is -3.73. The molecule has 0 spiro atoms. The van der Waals surface area contributed by atoms with Crippen molar-refractivity contribution in [2.45, 2.75) is 76.9 Å². The smallest absolute Gasteiger partial charge is 0.426 e. The molecule has 0 saturated heterocycles. The fraction of sp³-hybridized carbons (Fsp3) is 0.419. The van der Waals surface area contributed by atoms with Crippen molar-refractivity contribution in [2.75, 3.05) is 0 Å². The second-order valence-corrected chi connectivity index (χ2v) is 10.1. The first-order chi connectivity index (χ1) is 18.7. The van der Waals surface area contributed by atoms with Crippen molar-refractivity contribution in [3.63, 3.8) is 0 Å². The fourth-order valence-corrected chi connectivity index (χ4v) is 5.32. The van der Waals surface area contributed by atoms with Gasteiger partial charge in [-0.1, -0.05) is 62.9 Å².